The number of carbonyl (C=O) groups excluding carboxylic acids is 2. The van der Waals surface area contributed by atoms with Crippen LogP contribution in [0.5, 0.6) is 0 Å². The smallest absolute Gasteiger partial charge is 0.310 e. The Morgan fingerprint density at radius 1 is 1.40 bits per heavy atom. The Balaban J connectivity index is 2.46. The second kappa shape index (κ2) is 7.89. The molecule has 0 N–H and O–H groups in total. The Morgan fingerprint density at radius 2 is 2.05 bits per heavy atom. The number of esters is 1. The molecule has 0 aliphatic rings. The van der Waals surface area contributed by atoms with Gasteiger partial charge in [-0.05, 0) is 12.1 Å². The third kappa shape index (κ3) is 4.85. The summed E-state index contributed by atoms with van der Waals surface area (Å²) in [5.74, 6) is -1.10. The fraction of sp³-hybridized carbons (Fsp3) is 0.429. The minimum absolute atomic E-state index is 0.130. The molecule has 0 radical (unpaired) electrons. The molecule has 0 aliphatic carbocycles. The lowest BCUT2D eigenvalue weighted by Gasteiger charge is -2.20. The van der Waals surface area contributed by atoms with E-state index in [-0.39, 0.29) is 35.9 Å². The van der Waals surface area contributed by atoms with Crippen molar-refractivity contribution in [3.05, 3.63) is 30.1 Å². The molecule has 1 rings (SSSR count). The number of thioether (sulfide) groups is 1. The van der Waals surface area contributed by atoms with E-state index in [0.717, 1.165) is 11.8 Å². The summed E-state index contributed by atoms with van der Waals surface area (Å²) in [6.45, 7) is 1.98. The molecule has 0 saturated carbocycles. The molecule has 1 aromatic carbocycles. The van der Waals surface area contributed by atoms with Gasteiger partial charge in [0.05, 0.1) is 18.8 Å². The fourth-order valence-electron chi connectivity index (χ4n) is 1.60. The number of hydrogen-bond donors (Lipinski definition) is 0. The molecule has 0 aromatic heterocycles. The normalized spacial score (nSPS) is 11.8. The van der Waals surface area contributed by atoms with Crippen molar-refractivity contribution in [2.45, 2.75) is 11.8 Å². The van der Waals surface area contributed by atoms with Gasteiger partial charge in [-0.1, -0.05) is 19.1 Å². The third-order valence-electron chi connectivity index (χ3n) is 2.76. The molecule has 0 fully saturated rings. The van der Waals surface area contributed by atoms with Crippen molar-refractivity contribution in [1.29, 1.82) is 0 Å². The van der Waals surface area contributed by atoms with Crippen molar-refractivity contribution in [1.82, 2.24) is 4.90 Å². The zero-order chi connectivity index (χ0) is 15.1. The van der Waals surface area contributed by atoms with E-state index in [4.69, 9.17) is 0 Å². The number of methoxy groups -OCH3 is 1. The van der Waals surface area contributed by atoms with Gasteiger partial charge in [0.25, 0.3) is 0 Å². The highest BCUT2D eigenvalue weighted by molar-refractivity contribution is 8.00. The highest BCUT2D eigenvalue weighted by atomic mass is 32.2. The van der Waals surface area contributed by atoms with Crippen LogP contribution in [0.15, 0.2) is 29.2 Å². The van der Waals surface area contributed by atoms with E-state index < -0.39 is 0 Å². The Bertz CT molecular complexity index is 481. The van der Waals surface area contributed by atoms with Gasteiger partial charge in [-0.25, -0.2) is 4.39 Å². The molecule has 6 heteroatoms. The van der Waals surface area contributed by atoms with Crippen LogP contribution in [-0.2, 0) is 14.3 Å². The first-order valence-corrected chi connectivity index (χ1v) is 7.13. The lowest BCUT2D eigenvalue weighted by molar-refractivity contribution is -0.145. The predicted molar refractivity (Wildman–Crippen MR) is 75.9 cm³/mol. The van der Waals surface area contributed by atoms with E-state index in [1.54, 1.807) is 32.2 Å². The maximum Gasteiger partial charge on any atom is 0.310 e. The molecule has 0 heterocycles. The highest BCUT2D eigenvalue weighted by Gasteiger charge is 2.18. The van der Waals surface area contributed by atoms with Crippen molar-refractivity contribution in [3.8, 4) is 0 Å². The van der Waals surface area contributed by atoms with Crippen LogP contribution in [0.25, 0.3) is 0 Å². The molecule has 0 aliphatic heterocycles. The number of amides is 1. The summed E-state index contributed by atoms with van der Waals surface area (Å²) in [4.78, 5) is 25.1. The number of halogens is 1. The van der Waals surface area contributed by atoms with Crippen molar-refractivity contribution in [2.75, 3.05) is 26.5 Å². The molecule has 110 valence electrons. The van der Waals surface area contributed by atoms with Crippen LogP contribution >= 0.6 is 11.8 Å². The zero-order valence-electron chi connectivity index (χ0n) is 11.8. The van der Waals surface area contributed by atoms with Crippen LogP contribution < -0.4 is 0 Å². The molecule has 1 unspecified atom stereocenters. The van der Waals surface area contributed by atoms with Crippen LogP contribution in [0.2, 0.25) is 0 Å². The number of rotatable bonds is 6. The predicted octanol–water partition coefficient (Wildman–Crippen LogP) is 2.19. The average Bonchev–Trinajstić information content (AvgIpc) is 2.44. The summed E-state index contributed by atoms with van der Waals surface area (Å²) in [5, 5.41) is 0. The van der Waals surface area contributed by atoms with Gasteiger partial charge >= 0.3 is 5.97 Å². The molecule has 1 atom stereocenters. The lowest BCUT2D eigenvalue weighted by Crippen LogP contribution is -2.35. The van der Waals surface area contributed by atoms with Gasteiger partial charge in [0.1, 0.15) is 5.82 Å². The summed E-state index contributed by atoms with van der Waals surface area (Å²) in [5.41, 5.74) is 0. The van der Waals surface area contributed by atoms with Crippen LogP contribution in [-0.4, -0.2) is 43.2 Å². The monoisotopic (exact) mass is 299 g/mol. The topological polar surface area (TPSA) is 46.6 Å². The minimum Gasteiger partial charge on any atom is -0.469 e. The van der Waals surface area contributed by atoms with Gasteiger partial charge in [0.15, 0.2) is 0 Å². The average molecular weight is 299 g/mol. The van der Waals surface area contributed by atoms with E-state index in [0.29, 0.717) is 4.90 Å². The number of benzene rings is 1. The maximum atomic E-state index is 13.4. The Labute approximate surface area is 122 Å². The Morgan fingerprint density at radius 3 is 2.65 bits per heavy atom. The SMILES string of the molecule is COC(=O)C(C)CN(C)C(=O)CSc1ccccc1F. The van der Waals surface area contributed by atoms with Crippen LogP contribution in [0.4, 0.5) is 4.39 Å². The number of carbonyl (C=O) groups is 2. The van der Waals surface area contributed by atoms with E-state index in [9.17, 15) is 14.0 Å². The quantitative estimate of drug-likeness (QED) is 0.597. The van der Waals surface area contributed by atoms with Crippen molar-refractivity contribution in [3.63, 3.8) is 0 Å². The molecule has 0 bridgehead atoms. The third-order valence-corrected chi connectivity index (χ3v) is 3.80. The number of hydrogen-bond acceptors (Lipinski definition) is 4. The first kappa shape index (κ1) is 16.5. The molecular weight excluding hydrogens is 281 g/mol. The summed E-state index contributed by atoms with van der Waals surface area (Å²) in [6, 6.07) is 6.31. The van der Waals surface area contributed by atoms with Crippen molar-refractivity contribution >= 4 is 23.6 Å². The second-order valence-electron chi connectivity index (χ2n) is 4.42. The van der Waals surface area contributed by atoms with Gasteiger partial charge in [-0.15, -0.1) is 11.8 Å². The van der Waals surface area contributed by atoms with Gasteiger partial charge in [0.2, 0.25) is 5.91 Å². The summed E-state index contributed by atoms with van der Waals surface area (Å²) < 4.78 is 18.0. The highest BCUT2D eigenvalue weighted by Crippen LogP contribution is 2.21. The van der Waals surface area contributed by atoms with Crippen LogP contribution in [0.1, 0.15) is 6.92 Å². The van der Waals surface area contributed by atoms with Crippen molar-refractivity contribution in [2.24, 2.45) is 5.92 Å². The Hall–Kier alpha value is -1.56. The molecule has 1 aromatic rings. The first-order chi connectivity index (χ1) is 9.45. The second-order valence-corrected chi connectivity index (χ2v) is 5.43. The van der Waals surface area contributed by atoms with Gasteiger partial charge in [0, 0.05) is 18.5 Å². The molecule has 4 nitrogen and oxygen atoms in total. The van der Waals surface area contributed by atoms with E-state index in [1.165, 1.54) is 18.1 Å². The molecule has 0 saturated heterocycles. The zero-order valence-corrected chi connectivity index (χ0v) is 12.6. The lowest BCUT2D eigenvalue weighted by atomic mass is 10.2. The van der Waals surface area contributed by atoms with Gasteiger partial charge in [-0.2, -0.15) is 0 Å². The summed E-state index contributed by atoms with van der Waals surface area (Å²) in [6.07, 6.45) is 0. The van der Waals surface area contributed by atoms with Crippen LogP contribution in [0.3, 0.4) is 0 Å². The minimum atomic E-state index is -0.382. The number of ether oxygens (including phenoxy) is 1. The number of nitrogens with zero attached hydrogens (tertiary/aromatic N) is 1. The van der Waals surface area contributed by atoms with Gasteiger partial charge < -0.3 is 9.64 Å². The Kier molecular flexibility index (Phi) is 6.51. The van der Waals surface area contributed by atoms with Crippen LogP contribution in [0, 0.1) is 11.7 Å². The molecule has 1 amide bonds. The van der Waals surface area contributed by atoms with E-state index in [2.05, 4.69) is 4.74 Å². The molecule has 0 spiro atoms. The largest absolute Gasteiger partial charge is 0.469 e. The molecule has 20 heavy (non-hydrogen) atoms. The molecular formula is C14H18FNO3S. The standard InChI is InChI=1S/C14H18FNO3S/c1-10(14(18)19-3)8-16(2)13(17)9-20-12-7-5-4-6-11(12)15/h4-7,10H,8-9H2,1-3H3. The fourth-order valence-corrected chi connectivity index (χ4v) is 2.48. The van der Waals surface area contributed by atoms with Crippen molar-refractivity contribution < 1.29 is 18.7 Å². The van der Waals surface area contributed by atoms with Gasteiger partial charge in [-0.3, -0.25) is 9.59 Å². The van der Waals surface area contributed by atoms with E-state index in [1.807, 2.05) is 0 Å². The summed E-state index contributed by atoms with van der Waals surface area (Å²) in [7, 11) is 2.93. The maximum absolute atomic E-state index is 13.4. The summed E-state index contributed by atoms with van der Waals surface area (Å²) >= 11 is 1.14. The van der Waals surface area contributed by atoms with E-state index >= 15 is 0 Å². The first-order valence-electron chi connectivity index (χ1n) is 6.14.